The zero-order valence-corrected chi connectivity index (χ0v) is 15.7. The third kappa shape index (κ3) is 5.04. The van der Waals surface area contributed by atoms with E-state index in [-0.39, 0.29) is 11.3 Å². The van der Waals surface area contributed by atoms with E-state index in [1.807, 2.05) is 0 Å². The number of hydrogen-bond donors (Lipinski definition) is 2. The maximum atomic E-state index is 12.3. The van der Waals surface area contributed by atoms with Crippen molar-refractivity contribution in [2.75, 3.05) is 22.4 Å². The number of nitrogens with two attached hydrogens (primary N) is 1. The van der Waals surface area contributed by atoms with Crippen molar-refractivity contribution in [3.8, 4) is 0 Å². The van der Waals surface area contributed by atoms with E-state index >= 15 is 0 Å². The number of halogens is 1. The number of benzene rings is 2. The molecule has 0 atom stereocenters. The highest BCUT2D eigenvalue weighted by molar-refractivity contribution is 9.10. The minimum atomic E-state index is -3.68. The van der Waals surface area contributed by atoms with Gasteiger partial charge in [-0.1, -0.05) is 28.1 Å². The van der Waals surface area contributed by atoms with Gasteiger partial charge in [0, 0.05) is 4.47 Å². The lowest BCUT2D eigenvalue weighted by molar-refractivity contribution is -0.114. The number of sulfonamides is 1. The summed E-state index contributed by atoms with van der Waals surface area (Å²) < 4.78 is 25.8. The van der Waals surface area contributed by atoms with E-state index in [0.717, 1.165) is 15.0 Å². The van der Waals surface area contributed by atoms with Crippen LogP contribution in [0.5, 0.6) is 0 Å². The minimum Gasteiger partial charge on any atom is -0.366 e. The Labute approximate surface area is 154 Å². The third-order valence-corrected chi connectivity index (χ3v) is 4.94. The number of anilines is 2. The average molecular weight is 426 g/mol. The Morgan fingerprint density at radius 1 is 1.12 bits per heavy atom. The molecule has 2 amide bonds. The first-order valence-electron chi connectivity index (χ1n) is 7.10. The fourth-order valence-corrected chi connectivity index (χ4v) is 3.26. The van der Waals surface area contributed by atoms with Crippen LogP contribution in [0, 0.1) is 0 Å². The second kappa shape index (κ2) is 7.66. The van der Waals surface area contributed by atoms with Gasteiger partial charge in [0.25, 0.3) is 5.91 Å². The molecule has 25 heavy (non-hydrogen) atoms. The first-order valence-corrected chi connectivity index (χ1v) is 9.74. The van der Waals surface area contributed by atoms with Crippen LogP contribution in [0.1, 0.15) is 10.4 Å². The van der Waals surface area contributed by atoms with Gasteiger partial charge in [0.2, 0.25) is 15.9 Å². The Morgan fingerprint density at radius 2 is 1.72 bits per heavy atom. The van der Waals surface area contributed by atoms with Crippen molar-refractivity contribution >= 4 is 49.1 Å². The summed E-state index contributed by atoms with van der Waals surface area (Å²) in [7, 11) is -3.68. The highest BCUT2D eigenvalue weighted by atomic mass is 79.9. The van der Waals surface area contributed by atoms with Crippen molar-refractivity contribution in [3.63, 3.8) is 0 Å². The standard InChI is InChI=1S/C16H16BrN3O4S/c1-25(23,24)20(12-8-6-11(17)7-9-12)10-15(21)19-14-5-3-2-4-13(14)16(18)22/h2-9H,10H2,1H3,(H2,18,22)(H,19,21). The summed E-state index contributed by atoms with van der Waals surface area (Å²) >= 11 is 3.27. The molecule has 9 heteroatoms. The molecule has 0 heterocycles. The number of hydrogen-bond acceptors (Lipinski definition) is 4. The first kappa shape index (κ1) is 18.9. The Balaban J connectivity index is 2.24. The summed E-state index contributed by atoms with van der Waals surface area (Å²) in [4.78, 5) is 23.7. The van der Waals surface area contributed by atoms with Crippen LogP contribution in [-0.4, -0.2) is 33.0 Å². The van der Waals surface area contributed by atoms with Crippen molar-refractivity contribution in [2.24, 2.45) is 5.73 Å². The molecule has 3 N–H and O–H groups in total. The summed E-state index contributed by atoms with van der Waals surface area (Å²) in [5, 5.41) is 2.52. The van der Waals surface area contributed by atoms with Gasteiger partial charge < -0.3 is 11.1 Å². The fraction of sp³-hybridized carbons (Fsp3) is 0.125. The van der Waals surface area contributed by atoms with Crippen LogP contribution in [0.3, 0.4) is 0 Å². The normalized spacial score (nSPS) is 11.0. The summed E-state index contributed by atoms with van der Waals surface area (Å²) in [6.45, 7) is -0.437. The third-order valence-electron chi connectivity index (χ3n) is 3.27. The highest BCUT2D eigenvalue weighted by Crippen LogP contribution is 2.21. The lowest BCUT2D eigenvalue weighted by Gasteiger charge is -2.22. The van der Waals surface area contributed by atoms with Crippen LogP contribution in [0.15, 0.2) is 53.0 Å². The van der Waals surface area contributed by atoms with Gasteiger partial charge in [0.05, 0.1) is 23.2 Å². The lowest BCUT2D eigenvalue weighted by atomic mass is 10.1. The number of nitrogens with zero attached hydrogens (tertiary/aromatic N) is 1. The van der Waals surface area contributed by atoms with E-state index in [1.165, 1.54) is 12.1 Å². The van der Waals surface area contributed by atoms with Crippen LogP contribution < -0.4 is 15.4 Å². The molecule has 0 spiro atoms. The van der Waals surface area contributed by atoms with Crippen molar-refractivity contribution in [2.45, 2.75) is 0 Å². The molecule has 2 aromatic rings. The van der Waals surface area contributed by atoms with E-state index in [0.29, 0.717) is 5.69 Å². The molecule has 2 aromatic carbocycles. The van der Waals surface area contributed by atoms with E-state index in [9.17, 15) is 18.0 Å². The van der Waals surface area contributed by atoms with E-state index in [4.69, 9.17) is 5.73 Å². The molecular formula is C16H16BrN3O4S. The Hall–Kier alpha value is -2.39. The molecule has 0 saturated heterocycles. The van der Waals surface area contributed by atoms with Crippen LogP contribution >= 0.6 is 15.9 Å². The number of nitrogens with one attached hydrogen (secondary N) is 1. The molecule has 7 nitrogen and oxygen atoms in total. The molecule has 0 fully saturated rings. The van der Waals surface area contributed by atoms with Crippen molar-refractivity contribution in [1.29, 1.82) is 0 Å². The van der Waals surface area contributed by atoms with Gasteiger partial charge in [-0.2, -0.15) is 0 Å². The maximum Gasteiger partial charge on any atom is 0.250 e. The Kier molecular flexibility index (Phi) is 5.81. The molecule has 0 aliphatic carbocycles. The van der Waals surface area contributed by atoms with Crippen molar-refractivity contribution < 1.29 is 18.0 Å². The first-order chi connectivity index (χ1) is 11.7. The predicted molar refractivity (Wildman–Crippen MR) is 99.9 cm³/mol. The summed E-state index contributed by atoms with van der Waals surface area (Å²) in [6, 6.07) is 12.7. The molecule has 0 radical (unpaired) electrons. The smallest absolute Gasteiger partial charge is 0.250 e. The van der Waals surface area contributed by atoms with Crippen LogP contribution in [0.2, 0.25) is 0 Å². The molecule has 2 rings (SSSR count). The quantitative estimate of drug-likeness (QED) is 0.736. The van der Waals surface area contributed by atoms with E-state index in [2.05, 4.69) is 21.2 Å². The summed E-state index contributed by atoms with van der Waals surface area (Å²) in [5.74, 6) is -1.29. The number of amides is 2. The van der Waals surface area contributed by atoms with Crippen LogP contribution in [-0.2, 0) is 14.8 Å². The average Bonchev–Trinajstić information content (AvgIpc) is 2.53. The zero-order valence-electron chi connectivity index (χ0n) is 13.3. The predicted octanol–water partition coefficient (Wildman–Crippen LogP) is 1.95. The van der Waals surface area contributed by atoms with Gasteiger partial charge in [-0.05, 0) is 36.4 Å². The lowest BCUT2D eigenvalue weighted by Crippen LogP contribution is -2.37. The van der Waals surface area contributed by atoms with Crippen molar-refractivity contribution in [1.82, 2.24) is 0 Å². The zero-order chi connectivity index (χ0) is 18.6. The second-order valence-electron chi connectivity index (χ2n) is 5.20. The van der Waals surface area contributed by atoms with E-state index < -0.39 is 28.4 Å². The number of carbonyl (C=O) groups excluding carboxylic acids is 2. The summed E-state index contributed by atoms with van der Waals surface area (Å²) in [5.41, 5.74) is 5.99. The fourth-order valence-electron chi connectivity index (χ4n) is 2.13. The maximum absolute atomic E-state index is 12.3. The monoisotopic (exact) mass is 425 g/mol. The summed E-state index contributed by atoms with van der Waals surface area (Å²) in [6.07, 6.45) is 1.01. The van der Waals surface area contributed by atoms with Gasteiger partial charge in [0.15, 0.2) is 0 Å². The molecule has 132 valence electrons. The largest absolute Gasteiger partial charge is 0.366 e. The van der Waals surface area contributed by atoms with Gasteiger partial charge in [0.1, 0.15) is 6.54 Å². The van der Waals surface area contributed by atoms with Gasteiger partial charge in [-0.15, -0.1) is 0 Å². The number of para-hydroxylation sites is 1. The van der Waals surface area contributed by atoms with Crippen LogP contribution in [0.4, 0.5) is 11.4 Å². The molecule has 0 aliphatic heterocycles. The number of carbonyl (C=O) groups is 2. The number of rotatable bonds is 6. The SMILES string of the molecule is CS(=O)(=O)N(CC(=O)Nc1ccccc1C(N)=O)c1ccc(Br)cc1. The molecule has 0 saturated carbocycles. The van der Waals surface area contributed by atoms with Crippen molar-refractivity contribution in [3.05, 3.63) is 58.6 Å². The van der Waals surface area contributed by atoms with Crippen LogP contribution in [0.25, 0.3) is 0 Å². The van der Waals surface area contributed by atoms with Gasteiger partial charge in [-0.25, -0.2) is 8.42 Å². The Bertz CT molecular complexity index is 898. The molecular weight excluding hydrogens is 410 g/mol. The van der Waals surface area contributed by atoms with Gasteiger partial charge >= 0.3 is 0 Å². The molecule has 0 aromatic heterocycles. The second-order valence-corrected chi connectivity index (χ2v) is 8.03. The number of primary amides is 1. The minimum absolute atomic E-state index is 0.144. The Morgan fingerprint density at radius 3 is 2.28 bits per heavy atom. The molecule has 0 unspecified atom stereocenters. The molecule has 0 bridgehead atoms. The molecule has 0 aliphatic rings. The van der Waals surface area contributed by atoms with E-state index in [1.54, 1.807) is 36.4 Å². The van der Waals surface area contributed by atoms with Gasteiger partial charge in [-0.3, -0.25) is 13.9 Å². The topological polar surface area (TPSA) is 110 Å². The highest BCUT2D eigenvalue weighted by Gasteiger charge is 2.21.